The van der Waals surface area contributed by atoms with E-state index in [4.69, 9.17) is 11.6 Å². The Kier molecular flexibility index (Phi) is 3.12. The van der Waals surface area contributed by atoms with Gasteiger partial charge in [-0.05, 0) is 31.7 Å². The molecule has 1 atom stereocenters. The summed E-state index contributed by atoms with van der Waals surface area (Å²) < 4.78 is 13.0. The number of likely N-dealkylation sites (N-methyl/N-ethyl adjacent to an activating group) is 1. The van der Waals surface area contributed by atoms with Crippen molar-refractivity contribution in [3.05, 3.63) is 29.0 Å². The van der Waals surface area contributed by atoms with Crippen LogP contribution in [-0.2, 0) is 4.79 Å². The number of carbonyl (C=O) groups excluding carboxylic acids is 1. The SMILES string of the molecule is CNC1CCN(c2ccc(F)c(Cl)c2)C1=O. The molecule has 16 heavy (non-hydrogen) atoms. The van der Waals surface area contributed by atoms with Gasteiger partial charge in [0, 0.05) is 12.2 Å². The predicted octanol–water partition coefficient (Wildman–Crippen LogP) is 1.80. The van der Waals surface area contributed by atoms with Crippen LogP contribution in [0.5, 0.6) is 0 Å². The van der Waals surface area contributed by atoms with Gasteiger partial charge in [0.15, 0.2) is 0 Å². The van der Waals surface area contributed by atoms with Crippen molar-refractivity contribution in [2.45, 2.75) is 12.5 Å². The summed E-state index contributed by atoms with van der Waals surface area (Å²) in [4.78, 5) is 13.5. The van der Waals surface area contributed by atoms with E-state index < -0.39 is 5.82 Å². The second kappa shape index (κ2) is 4.39. The number of benzene rings is 1. The number of carbonyl (C=O) groups is 1. The van der Waals surface area contributed by atoms with Crippen LogP contribution in [-0.4, -0.2) is 25.5 Å². The number of hydrogen-bond acceptors (Lipinski definition) is 2. The summed E-state index contributed by atoms with van der Waals surface area (Å²) in [6, 6.07) is 4.17. The minimum absolute atomic E-state index is 0.00479. The zero-order valence-corrected chi connectivity index (χ0v) is 9.59. The Morgan fingerprint density at radius 2 is 2.31 bits per heavy atom. The van der Waals surface area contributed by atoms with Gasteiger partial charge in [0.25, 0.3) is 0 Å². The van der Waals surface area contributed by atoms with Gasteiger partial charge < -0.3 is 10.2 Å². The molecule has 86 valence electrons. The summed E-state index contributed by atoms with van der Waals surface area (Å²) in [6.45, 7) is 0.631. The van der Waals surface area contributed by atoms with Gasteiger partial charge in [0.05, 0.1) is 11.1 Å². The fourth-order valence-corrected chi connectivity index (χ4v) is 2.03. The highest BCUT2D eigenvalue weighted by Gasteiger charge is 2.31. The van der Waals surface area contributed by atoms with Gasteiger partial charge in [-0.2, -0.15) is 0 Å². The van der Waals surface area contributed by atoms with E-state index in [-0.39, 0.29) is 17.0 Å². The summed E-state index contributed by atoms with van der Waals surface area (Å²) in [6.07, 6.45) is 0.754. The van der Waals surface area contributed by atoms with Crippen LogP contribution in [0.2, 0.25) is 5.02 Å². The van der Waals surface area contributed by atoms with E-state index in [9.17, 15) is 9.18 Å². The lowest BCUT2D eigenvalue weighted by Crippen LogP contribution is -2.36. The topological polar surface area (TPSA) is 32.3 Å². The maximum absolute atomic E-state index is 13.0. The molecule has 3 nitrogen and oxygen atoms in total. The lowest BCUT2D eigenvalue weighted by molar-refractivity contribution is -0.118. The van der Waals surface area contributed by atoms with Crippen molar-refractivity contribution in [3.63, 3.8) is 0 Å². The monoisotopic (exact) mass is 242 g/mol. The number of rotatable bonds is 2. The quantitative estimate of drug-likeness (QED) is 0.858. The van der Waals surface area contributed by atoms with Gasteiger partial charge in [0.1, 0.15) is 5.82 Å². The number of hydrogen-bond donors (Lipinski definition) is 1. The van der Waals surface area contributed by atoms with Crippen molar-refractivity contribution in [3.8, 4) is 0 Å². The number of anilines is 1. The maximum atomic E-state index is 13.0. The molecule has 1 N–H and O–H groups in total. The summed E-state index contributed by atoms with van der Waals surface area (Å²) in [5, 5.41) is 2.98. The molecule has 1 aliphatic heterocycles. The normalized spacial score (nSPS) is 20.6. The molecule has 0 aromatic heterocycles. The zero-order chi connectivity index (χ0) is 11.7. The lowest BCUT2D eigenvalue weighted by Gasteiger charge is -2.17. The number of nitrogens with zero attached hydrogens (tertiary/aromatic N) is 1. The molecule has 1 unspecified atom stereocenters. The first kappa shape index (κ1) is 11.4. The first-order chi connectivity index (χ1) is 7.63. The largest absolute Gasteiger partial charge is 0.311 e. The second-order valence-corrected chi connectivity index (χ2v) is 4.13. The molecule has 1 aromatic rings. The third-order valence-corrected chi connectivity index (χ3v) is 3.06. The van der Waals surface area contributed by atoms with E-state index in [2.05, 4.69) is 5.32 Å². The molecule has 0 radical (unpaired) electrons. The molecule has 1 saturated heterocycles. The molecule has 1 fully saturated rings. The third kappa shape index (κ3) is 1.90. The van der Waals surface area contributed by atoms with Crippen LogP contribution in [0.1, 0.15) is 6.42 Å². The van der Waals surface area contributed by atoms with Gasteiger partial charge in [0.2, 0.25) is 5.91 Å². The Bertz CT molecular complexity index is 424. The predicted molar refractivity (Wildman–Crippen MR) is 61.2 cm³/mol. The standard InChI is InChI=1S/C11H12ClFN2O/c1-14-10-4-5-15(11(10)16)7-2-3-9(13)8(12)6-7/h2-3,6,10,14H,4-5H2,1H3. The zero-order valence-electron chi connectivity index (χ0n) is 8.84. The van der Waals surface area contributed by atoms with Crippen LogP contribution in [0.4, 0.5) is 10.1 Å². The average molecular weight is 243 g/mol. The minimum atomic E-state index is -0.470. The number of nitrogens with one attached hydrogen (secondary N) is 1. The van der Waals surface area contributed by atoms with E-state index >= 15 is 0 Å². The Morgan fingerprint density at radius 1 is 1.56 bits per heavy atom. The summed E-state index contributed by atoms with van der Waals surface area (Å²) >= 11 is 5.68. The minimum Gasteiger partial charge on any atom is -0.311 e. The van der Waals surface area contributed by atoms with Gasteiger partial charge >= 0.3 is 0 Å². The Balaban J connectivity index is 2.25. The van der Waals surface area contributed by atoms with E-state index in [0.717, 1.165) is 6.42 Å². The van der Waals surface area contributed by atoms with E-state index in [1.165, 1.54) is 12.1 Å². The van der Waals surface area contributed by atoms with Gasteiger partial charge in [-0.3, -0.25) is 4.79 Å². The van der Waals surface area contributed by atoms with Crippen LogP contribution in [0.15, 0.2) is 18.2 Å². The smallest absolute Gasteiger partial charge is 0.244 e. The Morgan fingerprint density at radius 3 is 2.88 bits per heavy atom. The molecular formula is C11H12ClFN2O. The highest BCUT2D eigenvalue weighted by Crippen LogP contribution is 2.26. The molecule has 1 aromatic carbocycles. The lowest BCUT2D eigenvalue weighted by atomic mass is 10.2. The second-order valence-electron chi connectivity index (χ2n) is 3.72. The van der Waals surface area contributed by atoms with Gasteiger partial charge in [-0.1, -0.05) is 11.6 Å². The van der Waals surface area contributed by atoms with Crippen molar-refractivity contribution in [2.75, 3.05) is 18.5 Å². The number of halogens is 2. The fraction of sp³-hybridized carbons (Fsp3) is 0.364. The average Bonchev–Trinajstić information content (AvgIpc) is 2.64. The third-order valence-electron chi connectivity index (χ3n) is 2.77. The van der Waals surface area contributed by atoms with E-state index in [1.54, 1.807) is 18.0 Å². The highest BCUT2D eigenvalue weighted by atomic mass is 35.5. The number of amides is 1. The maximum Gasteiger partial charge on any atom is 0.244 e. The van der Waals surface area contributed by atoms with E-state index in [0.29, 0.717) is 12.2 Å². The molecule has 0 spiro atoms. The molecule has 1 amide bonds. The van der Waals surface area contributed by atoms with Crippen LogP contribution >= 0.6 is 11.6 Å². The van der Waals surface area contributed by atoms with Crippen molar-refractivity contribution in [2.24, 2.45) is 0 Å². The molecule has 1 aliphatic rings. The van der Waals surface area contributed by atoms with Gasteiger partial charge in [-0.25, -0.2) is 4.39 Å². The van der Waals surface area contributed by atoms with Gasteiger partial charge in [-0.15, -0.1) is 0 Å². The molecule has 0 aliphatic carbocycles. The van der Waals surface area contributed by atoms with Crippen LogP contribution in [0, 0.1) is 5.82 Å². The molecule has 0 saturated carbocycles. The molecule has 2 rings (SSSR count). The van der Waals surface area contributed by atoms with Crippen molar-refractivity contribution in [1.82, 2.24) is 5.32 Å². The summed E-state index contributed by atoms with van der Waals surface area (Å²) in [5.41, 5.74) is 0.647. The molecule has 5 heteroatoms. The van der Waals surface area contributed by atoms with E-state index in [1.807, 2.05) is 0 Å². The molecule has 0 bridgehead atoms. The Labute approximate surface area is 98.2 Å². The first-order valence-corrected chi connectivity index (χ1v) is 5.45. The fourth-order valence-electron chi connectivity index (χ4n) is 1.86. The Hall–Kier alpha value is -1.13. The van der Waals surface area contributed by atoms with Crippen molar-refractivity contribution < 1.29 is 9.18 Å². The first-order valence-electron chi connectivity index (χ1n) is 5.07. The van der Waals surface area contributed by atoms with Crippen LogP contribution < -0.4 is 10.2 Å². The van der Waals surface area contributed by atoms with Crippen molar-refractivity contribution in [1.29, 1.82) is 0 Å². The summed E-state index contributed by atoms with van der Waals surface area (Å²) in [5.74, 6) is -0.465. The van der Waals surface area contributed by atoms with Crippen molar-refractivity contribution >= 4 is 23.2 Å². The van der Waals surface area contributed by atoms with Crippen LogP contribution in [0.3, 0.4) is 0 Å². The molecular weight excluding hydrogens is 231 g/mol. The van der Waals surface area contributed by atoms with Crippen LogP contribution in [0.25, 0.3) is 0 Å². The molecule has 1 heterocycles. The summed E-state index contributed by atoms with van der Waals surface area (Å²) in [7, 11) is 1.75. The highest BCUT2D eigenvalue weighted by molar-refractivity contribution is 6.31.